The lowest BCUT2D eigenvalue weighted by atomic mass is 9.88. The second-order valence-corrected chi connectivity index (χ2v) is 5.70. The predicted octanol–water partition coefficient (Wildman–Crippen LogP) is 4.01. The number of fused-ring (bicyclic) bond motifs is 1. The molecular weight excluding hydrogens is 260 g/mol. The van der Waals surface area contributed by atoms with Gasteiger partial charge in [0.25, 0.3) is 0 Å². The van der Waals surface area contributed by atoms with E-state index in [1.165, 1.54) is 0 Å². The van der Waals surface area contributed by atoms with Crippen LogP contribution in [0.4, 0.5) is 0 Å². The lowest BCUT2D eigenvalue weighted by molar-refractivity contribution is 0.0801. The molecule has 2 heteroatoms. The van der Waals surface area contributed by atoms with Crippen LogP contribution in [-0.4, -0.2) is 11.6 Å². The van der Waals surface area contributed by atoms with E-state index in [1.807, 2.05) is 55.5 Å². The molecule has 0 aromatic heterocycles. The quantitative estimate of drug-likeness (QED) is 0.472. The SMILES string of the molecule is Cc1ccc(C(=O)C2CCCc3ccccc3C2=O)cc1. The van der Waals surface area contributed by atoms with Gasteiger partial charge in [0.2, 0.25) is 0 Å². The summed E-state index contributed by atoms with van der Waals surface area (Å²) in [5, 5.41) is 0. The average molecular weight is 278 g/mol. The van der Waals surface area contributed by atoms with Crippen molar-refractivity contribution in [1.29, 1.82) is 0 Å². The van der Waals surface area contributed by atoms with E-state index in [2.05, 4.69) is 0 Å². The molecule has 1 unspecified atom stereocenters. The number of carbonyl (C=O) groups is 2. The molecule has 106 valence electrons. The summed E-state index contributed by atoms with van der Waals surface area (Å²) in [4.78, 5) is 25.4. The Hall–Kier alpha value is -2.22. The maximum absolute atomic E-state index is 12.7. The Morgan fingerprint density at radius 3 is 2.52 bits per heavy atom. The number of carbonyl (C=O) groups excluding carboxylic acids is 2. The van der Waals surface area contributed by atoms with E-state index in [0.717, 1.165) is 29.5 Å². The van der Waals surface area contributed by atoms with Crippen LogP contribution in [0.1, 0.15) is 44.7 Å². The zero-order valence-corrected chi connectivity index (χ0v) is 12.1. The van der Waals surface area contributed by atoms with Crippen LogP contribution in [0, 0.1) is 12.8 Å². The van der Waals surface area contributed by atoms with Gasteiger partial charge in [0.15, 0.2) is 11.6 Å². The normalized spacial score (nSPS) is 18.0. The lowest BCUT2D eigenvalue weighted by Crippen LogP contribution is -2.23. The van der Waals surface area contributed by atoms with E-state index in [1.54, 1.807) is 0 Å². The van der Waals surface area contributed by atoms with E-state index in [4.69, 9.17) is 0 Å². The van der Waals surface area contributed by atoms with Gasteiger partial charge in [-0.3, -0.25) is 9.59 Å². The van der Waals surface area contributed by atoms with Crippen molar-refractivity contribution in [3.63, 3.8) is 0 Å². The van der Waals surface area contributed by atoms with Crippen molar-refractivity contribution in [2.24, 2.45) is 5.92 Å². The Morgan fingerprint density at radius 2 is 1.76 bits per heavy atom. The van der Waals surface area contributed by atoms with E-state index in [9.17, 15) is 9.59 Å². The van der Waals surface area contributed by atoms with Crippen molar-refractivity contribution in [2.75, 3.05) is 0 Å². The number of hydrogen-bond donors (Lipinski definition) is 0. The minimum absolute atomic E-state index is 0.0197. The minimum Gasteiger partial charge on any atom is -0.293 e. The Morgan fingerprint density at radius 1 is 1.05 bits per heavy atom. The van der Waals surface area contributed by atoms with Gasteiger partial charge in [-0.15, -0.1) is 0 Å². The van der Waals surface area contributed by atoms with Crippen LogP contribution in [0.2, 0.25) is 0 Å². The van der Waals surface area contributed by atoms with E-state index in [-0.39, 0.29) is 11.6 Å². The summed E-state index contributed by atoms with van der Waals surface area (Å²) in [7, 11) is 0. The topological polar surface area (TPSA) is 34.1 Å². The van der Waals surface area contributed by atoms with Crippen molar-refractivity contribution in [3.8, 4) is 0 Å². The molecule has 0 heterocycles. The first-order valence-corrected chi connectivity index (χ1v) is 7.40. The summed E-state index contributed by atoms with van der Waals surface area (Å²) in [5.74, 6) is -0.596. The van der Waals surface area contributed by atoms with Gasteiger partial charge in [0, 0.05) is 11.1 Å². The molecule has 0 fully saturated rings. The van der Waals surface area contributed by atoms with E-state index in [0.29, 0.717) is 12.0 Å². The third kappa shape index (κ3) is 2.66. The molecule has 0 spiro atoms. The van der Waals surface area contributed by atoms with Gasteiger partial charge in [-0.2, -0.15) is 0 Å². The summed E-state index contributed by atoms with van der Waals surface area (Å²) in [5.41, 5.74) is 3.55. The van der Waals surface area contributed by atoms with Gasteiger partial charge in [-0.05, 0) is 31.7 Å². The van der Waals surface area contributed by atoms with Gasteiger partial charge < -0.3 is 0 Å². The number of benzene rings is 2. The fraction of sp³-hybridized carbons (Fsp3) is 0.263. The molecule has 0 amide bonds. The van der Waals surface area contributed by atoms with Crippen molar-refractivity contribution in [1.82, 2.24) is 0 Å². The molecular formula is C19H18O2. The Bertz CT molecular complexity index is 683. The first-order chi connectivity index (χ1) is 10.2. The van der Waals surface area contributed by atoms with Gasteiger partial charge >= 0.3 is 0 Å². The molecule has 0 saturated heterocycles. The van der Waals surface area contributed by atoms with Crippen molar-refractivity contribution in [2.45, 2.75) is 26.2 Å². The molecule has 0 bridgehead atoms. The Kier molecular flexibility index (Phi) is 3.70. The molecule has 2 aromatic rings. The van der Waals surface area contributed by atoms with Gasteiger partial charge in [0.1, 0.15) is 0 Å². The van der Waals surface area contributed by atoms with Gasteiger partial charge in [-0.25, -0.2) is 0 Å². The van der Waals surface area contributed by atoms with Crippen molar-refractivity contribution in [3.05, 3.63) is 70.8 Å². The summed E-state index contributed by atoms with van der Waals surface area (Å²) >= 11 is 0. The van der Waals surface area contributed by atoms with Gasteiger partial charge in [-0.1, -0.05) is 54.1 Å². The smallest absolute Gasteiger partial charge is 0.173 e. The maximum atomic E-state index is 12.7. The molecule has 0 N–H and O–H groups in total. The van der Waals surface area contributed by atoms with Crippen LogP contribution < -0.4 is 0 Å². The zero-order chi connectivity index (χ0) is 14.8. The monoisotopic (exact) mass is 278 g/mol. The van der Waals surface area contributed by atoms with Crippen LogP contribution in [-0.2, 0) is 6.42 Å². The Balaban J connectivity index is 1.94. The van der Waals surface area contributed by atoms with Crippen LogP contribution in [0.25, 0.3) is 0 Å². The zero-order valence-electron chi connectivity index (χ0n) is 12.1. The second kappa shape index (κ2) is 5.65. The fourth-order valence-corrected chi connectivity index (χ4v) is 2.96. The summed E-state index contributed by atoms with van der Waals surface area (Å²) in [6.07, 6.45) is 2.39. The third-order valence-electron chi connectivity index (χ3n) is 4.19. The highest BCUT2D eigenvalue weighted by atomic mass is 16.2. The first kappa shape index (κ1) is 13.7. The largest absolute Gasteiger partial charge is 0.293 e. The molecule has 0 radical (unpaired) electrons. The number of rotatable bonds is 2. The van der Waals surface area contributed by atoms with Crippen molar-refractivity contribution >= 4 is 11.6 Å². The number of Topliss-reactive ketones (excluding diaryl/α,β-unsaturated/α-hetero) is 2. The van der Waals surface area contributed by atoms with Crippen LogP contribution in [0.3, 0.4) is 0 Å². The first-order valence-electron chi connectivity index (χ1n) is 7.40. The highest BCUT2D eigenvalue weighted by Gasteiger charge is 2.31. The minimum atomic E-state index is -0.531. The average Bonchev–Trinajstić information content (AvgIpc) is 2.67. The lowest BCUT2D eigenvalue weighted by Gasteiger charge is -2.13. The molecule has 21 heavy (non-hydrogen) atoms. The third-order valence-corrected chi connectivity index (χ3v) is 4.19. The highest BCUT2D eigenvalue weighted by molar-refractivity contribution is 6.16. The number of ketones is 2. The number of hydrogen-bond acceptors (Lipinski definition) is 2. The van der Waals surface area contributed by atoms with Crippen LogP contribution in [0.15, 0.2) is 48.5 Å². The van der Waals surface area contributed by atoms with Crippen molar-refractivity contribution < 1.29 is 9.59 Å². The molecule has 1 aliphatic carbocycles. The van der Waals surface area contributed by atoms with Crippen LogP contribution >= 0.6 is 0 Å². The highest BCUT2D eigenvalue weighted by Crippen LogP contribution is 2.27. The maximum Gasteiger partial charge on any atom is 0.173 e. The molecule has 3 rings (SSSR count). The van der Waals surface area contributed by atoms with E-state index < -0.39 is 5.92 Å². The molecule has 0 saturated carbocycles. The predicted molar refractivity (Wildman–Crippen MR) is 82.7 cm³/mol. The molecule has 0 aliphatic heterocycles. The standard InChI is InChI=1S/C19H18O2/c1-13-9-11-15(12-10-13)18(20)17-8-4-6-14-5-2-3-7-16(14)19(17)21/h2-3,5,7,9-12,17H,4,6,8H2,1H3. The summed E-state index contributed by atoms with van der Waals surface area (Å²) < 4.78 is 0. The number of aryl methyl sites for hydroxylation is 2. The fourth-order valence-electron chi connectivity index (χ4n) is 2.96. The molecule has 2 nitrogen and oxygen atoms in total. The molecule has 1 aliphatic rings. The second-order valence-electron chi connectivity index (χ2n) is 5.70. The van der Waals surface area contributed by atoms with E-state index >= 15 is 0 Å². The van der Waals surface area contributed by atoms with Gasteiger partial charge in [0.05, 0.1) is 5.92 Å². The van der Waals surface area contributed by atoms with Crippen LogP contribution in [0.5, 0.6) is 0 Å². The summed E-state index contributed by atoms with van der Waals surface area (Å²) in [6.45, 7) is 1.99. The Labute approximate surface area is 124 Å². The molecule has 1 atom stereocenters. The molecule has 2 aromatic carbocycles. The summed E-state index contributed by atoms with van der Waals surface area (Å²) in [6, 6.07) is 15.1.